The first-order chi connectivity index (χ1) is 12.6. The molecule has 0 spiro atoms. The first-order valence-corrected chi connectivity index (χ1v) is 9.36. The molecule has 0 bridgehead atoms. The van der Waals surface area contributed by atoms with E-state index < -0.39 is 0 Å². The van der Waals surface area contributed by atoms with Gasteiger partial charge in [-0.1, -0.05) is 13.8 Å². The molecule has 1 saturated heterocycles. The summed E-state index contributed by atoms with van der Waals surface area (Å²) in [5.74, 6) is 1.74. The molecule has 0 amide bonds. The fourth-order valence-corrected chi connectivity index (χ4v) is 3.74. The van der Waals surface area contributed by atoms with Gasteiger partial charge in [-0.25, -0.2) is 9.97 Å². The van der Waals surface area contributed by atoms with Crippen LogP contribution in [0, 0.1) is 12.8 Å². The minimum atomic E-state index is 0. The van der Waals surface area contributed by atoms with Crippen LogP contribution in [0.2, 0.25) is 0 Å². The predicted molar refractivity (Wildman–Crippen MR) is 107 cm³/mol. The third kappa shape index (κ3) is 3.42. The van der Waals surface area contributed by atoms with Gasteiger partial charge in [0.25, 0.3) is 0 Å². The number of hydrogen-bond donors (Lipinski definition) is 2. The molecule has 6 nitrogen and oxygen atoms in total. The summed E-state index contributed by atoms with van der Waals surface area (Å²) in [7, 11) is 0. The molecule has 2 N–H and O–H groups in total. The molecule has 3 aromatic heterocycles. The van der Waals surface area contributed by atoms with Crippen molar-refractivity contribution in [2.45, 2.75) is 33.2 Å². The lowest BCUT2D eigenvalue weighted by Gasteiger charge is -2.35. The second-order valence-corrected chi connectivity index (χ2v) is 7.59. The van der Waals surface area contributed by atoms with E-state index in [2.05, 4.69) is 58.3 Å². The molecule has 3 aromatic rings. The molecule has 26 heavy (non-hydrogen) atoms. The van der Waals surface area contributed by atoms with Gasteiger partial charge in [-0.3, -0.25) is 5.10 Å². The zero-order chi connectivity index (χ0) is 18.1. The van der Waals surface area contributed by atoms with Gasteiger partial charge in [-0.15, -0.1) is 0 Å². The van der Waals surface area contributed by atoms with Crippen molar-refractivity contribution in [3.8, 4) is 11.4 Å². The van der Waals surface area contributed by atoms with E-state index in [1.165, 1.54) is 12.0 Å². The van der Waals surface area contributed by atoms with Gasteiger partial charge >= 0.3 is 0 Å². The van der Waals surface area contributed by atoms with Crippen molar-refractivity contribution < 1.29 is 1.43 Å². The predicted octanol–water partition coefficient (Wildman–Crippen LogP) is 3.40. The molecule has 0 aliphatic carbocycles. The number of nitrogens with zero attached hydrogens (tertiary/aromatic N) is 4. The molecule has 0 saturated carbocycles. The quantitative estimate of drug-likeness (QED) is 0.753. The topological polar surface area (TPSA) is 69.7 Å². The van der Waals surface area contributed by atoms with Gasteiger partial charge in [0, 0.05) is 38.7 Å². The van der Waals surface area contributed by atoms with Crippen LogP contribution in [0.4, 0.5) is 5.82 Å². The third-order valence-corrected chi connectivity index (χ3v) is 4.88. The fraction of sp³-hybridized carbons (Fsp3) is 0.450. The standard InChI is InChI=1S/C20H26N6.H2/c1-13(2)9-15-12-26(8-7-21-15)18-11-14(3)10-17(23-18)19-16-5-4-6-22-20(16)25-24-19;/h4-6,10-11,13,15,21H,7-9,12H2,1-3H3,(H,22,24,25);1H/t15-;/m0./s1. The summed E-state index contributed by atoms with van der Waals surface area (Å²) in [6.45, 7) is 9.66. The lowest BCUT2D eigenvalue weighted by molar-refractivity contribution is 0.387. The van der Waals surface area contributed by atoms with Crippen LogP contribution in [-0.4, -0.2) is 45.8 Å². The van der Waals surface area contributed by atoms with Crippen molar-refractivity contribution in [3.63, 3.8) is 0 Å². The maximum absolute atomic E-state index is 4.96. The second-order valence-electron chi connectivity index (χ2n) is 7.59. The Labute approximate surface area is 155 Å². The van der Waals surface area contributed by atoms with E-state index in [4.69, 9.17) is 4.98 Å². The number of hydrogen-bond acceptors (Lipinski definition) is 5. The summed E-state index contributed by atoms with van der Waals surface area (Å²) in [5.41, 5.74) is 3.79. The maximum atomic E-state index is 4.96. The van der Waals surface area contributed by atoms with Gasteiger partial charge in [0.15, 0.2) is 5.65 Å². The lowest BCUT2D eigenvalue weighted by atomic mass is 10.0. The van der Waals surface area contributed by atoms with Gasteiger partial charge in [0.2, 0.25) is 0 Å². The molecule has 1 atom stereocenters. The van der Waals surface area contributed by atoms with Crippen LogP contribution in [-0.2, 0) is 0 Å². The van der Waals surface area contributed by atoms with E-state index in [1.54, 1.807) is 6.20 Å². The van der Waals surface area contributed by atoms with Crippen LogP contribution >= 0.6 is 0 Å². The fourth-order valence-electron chi connectivity index (χ4n) is 3.74. The van der Waals surface area contributed by atoms with E-state index in [9.17, 15) is 0 Å². The molecule has 1 aliphatic rings. The van der Waals surface area contributed by atoms with E-state index in [-0.39, 0.29) is 1.43 Å². The molecule has 138 valence electrons. The molecule has 0 radical (unpaired) electrons. The van der Waals surface area contributed by atoms with Gasteiger partial charge in [-0.2, -0.15) is 5.10 Å². The smallest absolute Gasteiger partial charge is 0.181 e. The van der Waals surface area contributed by atoms with Crippen LogP contribution in [0.15, 0.2) is 30.5 Å². The van der Waals surface area contributed by atoms with Crippen LogP contribution < -0.4 is 10.2 Å². The summed E-state index contributed by atoms with van der Waals surface area (Å²) in [6, 6.07) is 8.78. The summed E-state index contributed by atoms with van der Waals surface area (Å²) < 4.78 is 0. The van der Waals surface area contributed by atoms with Crippen LogP contribution in [0.1, 0.15) is 27.3 Å². The van der Waals surface area contributed by atoms with Gasteiger partial charge in [0.05, 0.1) is 11.4 Å². The summed E-state index contributed by atoms with van der Waals surface area (Å²) in [4.78, 5) is 11.7. The molecule has 1 aliphatic heterocycles. The highest BCUT2D eigenvalue weighted by Crippen LogP contribution is 2.27. The number of aromatic amines is 1. The highest BCUT2D eigenvalue weighted by Gasteiger charge is 2.22. The first-order valence-electron chi connectivity index (χ1n) is 9.36. The van der Waals surface area contributed by atoms with Gasteiger partial charge < -0.3 is 10.2 Å². The summed E-state index contributed by atoms with van der Waals surface area (Å²) in [6.07, 6.45) is 2.95. The van der Waals surface area contributed by atoms with Crippen molar-refractivity contribution in [1.82, 2.24) is 25.5 Å². The average molecular weight is 352 g/mol. The number of aryl methyl sites for hydroxylation is 1. The highest BCUT2D eigenvalue weighted by atomic mass is 15.2. The third-order valence-electron chi connectivity index (χ3n) is 4.88. The number of fused-ring (bicyclic) bond motifs is 1. The van der Waals surface area contributed by atoms with Crippen LogP contribution in [0.5, 0.6) is 0 Å². The number of nitrogens with one attached hydrogen (secondary N) is 2. The number of rotatable bonds is 4. The van der Waals surface area contributed by atoms with E-state index >= 15 is 0 Å². The SMILES string of the molecule is Cc1cc(-c2[nH]nc3ncccc23)nc(N2CCN[C@@H](CC(C)C)C2)c1.[HH]. The Hall–Kier alpha value is -2.47. The maximum Gasteiger partial charge on any atom is 0.181 e. The molecule has 0 unspecified atom stereocenters. The molecular formula is C20H28N6. The number of H-pyrrole nitrogens is 1. The van der Waals surface area contributed by atoms with Gasteiger partial charge in [0.1, 0.15) is 5.82 Å². The molecule has 6 heteroatoms. The average Bonchev–Trinajstić information content (AvgIpc) is 3.05. The minimum absolute atomic E-state index is 0. The molecule has 0 aromatic carbocycles. The number of piperazine rings is 1. The van der Waals surface area contributed by atoms with E-state index in [1.807, 2.05) is 12.1 Å². The molecule has 1 fully saturated rings. The van der Waals surface area contributed by atoms with Crippen molar-refractivity contribution in [1.29, 1.82) is 0 Å². The minimum Gasteiger partial charge on any atom is -0.354 e. The normalized spacial score (nSPS) is 18.0. The van der Waals surface area contributed by atoms with Crippen molar-refractivity contribution in [2.75, 3.05) is 24.5 Å². The Bertz CT molecular complexity index is 906. The largest absolute Gasteiger partial charge is 0.354 e. The molecular weight excluding hydrogens is 324 g/mol. The Morgan fingerprint density at radius 1 is 1.35 bits per heavy atom. The number of aromatic nitrogens is 4. The van der Waals surface area contributed by atoms with Crippen LogP contribution in [0.25, 0.3) is 22.4 Å². The van der Waals surface area contributed by atoms with Gasteiger partial charge in [-0.05, 0) is 49.1 Å². The van der Waals surface area contributed by atoms with E-state index in [0.717, 1.165) is 47.9 Å². The van der Waals surface area contributed by atoms with Crippen molar-refractivity contribution >= 4 is 16.9 Å². The van der Waals surface area contributed by atoms with Crippen molar-refractivity contribution in [2.24, 2.45) is 5.92 Å². The lowest BCUT2D eigenvalue weighted by Crippen LogP contribution is -2.51. The first kappa shape index (κ1) is 17.0. The number of pyridine rings is 2. The summed E-state index contributed by atoms with van der Waals surface area (Å²) in [5, 5.41) is 12.1. The Kier molecular flexibility index (Phi) is 4.59. The van der Waals surface area contributed by atoms with Crippen LogP contribution in [0.3, 0.4) is 0 Å². The Balaban J connectivity index is 0.00000210. The zero-order valence-electron chi connectivity index (χ0n) is 15.7. The summed E-state index contributed by atoms with van der Waals surface area (Å²) >= 11 is 0. The monoisotopic (exact) mass is 352 g/mol. The zero-order valence-corrected chi connectivity index (χ0v) is 15.7. The highest BCUT2D eigenvalue weighted by molar-refractivity contribution is 5.89. The van der Waals surface area contributed by atoms with Crippen molar-refractivity contribution in [3.05, 3.63) is 36.0 Å². The number of anilines is 1. The molecule has 4 rings (SSSR count). The second kappa shape index (κ2) is 7.03. The van der Waals surface area contributed by atoms with E-state index in [0.29, 0.717) is 12.0 Å². The molecule has 4 heterocycles. The Morgan fingerprint density at radius 3 is 3.08 bits per heavy atom. The Morgan fingerprint density at radius 2 is 2.23 bits per heavy atom.